The Bertz CT molecular complexity index is 520. The first kappa shape index (κ1) is 14.8. The highest BCUT2D eigenvalue weighted by molar-refractivity contribution is 5.40. The second-order valence-corrected chi connectivity index (χ2v) is 6.60. The number of rotatable bonds is 3. The molecule has 3 nitrogen and oxygen atoms in total. The fraction of sp³-hybridized carbons (Fsp3) is 0.647. The van der Waals surface area contributed by atoms with Gasteiger partial charge in [0.25, 0.3) is 0 Å². The van der Waals surface area contributed by atoms with E-state index in [9.17, 15) is 4.39 Å². The highest BCUT2D eigenvalue weighted by Gasteiger charge is 2.46. The monoisotopic (exact) mass is 292 g/mol. The topological polar surface area (TPSA) is 24.5 Å². The minimum Gasteiger partial charge on any atom is -0.485 e. The Morgan fingerprint density at radius 2 is 2.29 bits per heavy atom. The normalized spacial score (nSPS) is 28.9. The summed E-state index contributed by atoms with van der Waals surface area (Å²) in [6.07, 6.45) is 1.96. The van der Waals surface area contributed by atoms with E-state index in [-0.39, 0.29) is 17.5 Å². The van der Waals surface area contributed by atoms with Crippen molar-refractivity contribution in [2.75, 3.05) is 19.6 Å². The minimum absolute atomic E-state index is 0.123. The molecule has 2 heterocycles. The van der Waals surface area contributed by atoms with Crippen molar-refractivity contribution in [2.24, 2.45) is 0 Å². The fourth-order valence-electron chi connectivity index (χ4n) is 3.64. The molecule has 4 heteroatoms. The number of ether oxygens (including phenoxy) is 1. The molecule has 1 aromatic carbocycles. The van der Waals surface area contributed by atoms with Gasteiger partial charge in [0, 0.05) is 43.6 Å². The average molecular weight is 292 g/mol. The zero-order valence-electron chi connectivity index (χ0n) is 13.2. The lowest BCUT2D eigenvalue weighted by Gasteiger charge is -2.40. The first-order chi connectivity index (χ1) is 10.0. The number of fused-ring (bicyclic) bond motifs is 1. The molecule has 21 heavy (non-hydrogen) atoms. The Morgan fingerprint density at radius 3 is 2.95 bits per heavy atom. The van der Waals surface area contributed by atoms with E-state index in [1.54, 1.807) is 12.1 Å². The van der Waals surface area contributed by atoms with Crippen LogP contribution < -0.4 is 10.1 Å². The molecule has 0 radical (unpaired) electrons. The van der Waals surface area contributed by atoms with Gasteiger partial charge < -0.3 is 10.1 Å². The van der Waals surface area contributed by atoms with Gasteiger partial charge in [0.1, 0.15) is 17.2 Å². The zero-order chi connectivity index (χ0) is 15.0. The molecule has 2 aliphatic rings. The molecule has 116 valence electrons. The number of nitrogens with zero attached hydrogens (tertiary/aromatic N) is 1. The lowest BCUT2D eigenvalue weighted by molar-refractivity contribution is 0.0355. The number of hydrogen-bond donors (Lipinski definition) is 1. The zero-order valence-corrected chi connectivity index (χ0v) is 13.2. The maximum Gasteiger partial charge on any atom is 0.125 e. The van der Waals surface area contributed by atoms with E-state index < -0.39 is 0 Å². The third kappa shape index (κ3) is 2.79. The maximum atomic E-state index is 13.6. The van der Waals surface area contributed by atoms with Gasteiger partial charge in [-0.3, -0.25) is 4.90 Å². The molecule has 0 aromatic heterocycles. The molecule has 2 aliphatic heterocycles. The van der Waals surface area contributed by atoms with E-state index in [4.69, 9.17) is 4.74 Å². The van der Waals surface area contributed by atoms with Gasteiger partial charge in [0.2, 0.25) is 0 Å². The van der Waals surface area contributed by atoms with Crippen LogP contribution in [0.5, 0.6) is 5.75 Å². The van der Waals surface area contributed by atoms with Crippen LogP contribution in [0.2, 0.25) is 0 Å². The molecule has 1 saturated heterocycles. The Morgan fingerprint density at radius 1 is 1.48 bits per heavy atom. The maximum absolute atomic E-state index is 13.6. The number of likely N-dealkylation sites (tertiary alicyclic amines) is 1. The van der Waals surface area contributed by atoms with Gasteiger partial charge in [0.05, 0.1) is 0 Å². The van der Waals surface area contributed by atoms with E-state index in [0.29, 0.717) is 6.04 Å². The summed E-state index contributed by atoms with van der Waals surface area (Å²) in [7, 11) is 0. The molecule has 2 atom stereocenters. The van der Waals surface area contributed by atoms with Gasteiger partial charge >= 0.3 is 0 Å². The van der Waals surface area contributed by atoms with Crippen molar-refractivity contribution in [3.8, 4) is 5.75 Å². The summed E-state index contributed by atoms with van der Waals surface area (Å²) in [5.41, 5.74) is 0.840. The van der Waals surface area contributed by atoms with Gasteiger partial charge in [-0.05, 0) is 38.6 Å². The third-order valence-electron chi connectivity index (χ3n) is 4.78. The molecular formula is C17H25FN2O. The Labute approximate surface area is 126 Å². The molecule has 2 unspecified atom stereocenters. The van der Waals surface area contributed by atoms with Gasteiger partial charge in [-0.1, -0.05) is 6.92 Å². The summed E-state index contributed by atoms with van der Waals surface area (Å²) in [6.45, 7) is 9.47. The SMILES string of the molecule is CCNC1CC2(CCN(C(C)C)C2)Oc2ccc(F)cc21. The quantitative estimate of drug-likeness (QED) is 0.926. The number of halogens is 1. The van der Waals surface area contributed by atoms with Crippen LogP contribution in [0.4, 0.5) is 4.39 Å². The average Bonchev–Trinajstić information content (AvgIpc) is 2.84. The van der Waals surface area contributed by atoms with Crippen molar-refractivity contribution in [2.45, 2.75) is 51.3 Å². The number of nitrogens with one attached hydrogen (secondary N) is 1. The smallest absolute Gasteiger partial charge is 0.125 e. The van der Waals surface area contributed by atoms with Crippen LogP contribution in [0.3, 0.4) is 0 Å². The predicted molar refractivity (Wildman–Crippen MR) is 82.1 cm³/mol. The van der Waals surface area contributed by atoms with E-state index in [1.165, 1.54) is 6.07 Å². The Balaban J connectivity index is 1.89. The first-order valence-electron chi connectivity index (χ1n) is 7.99. The van der Waals surface area contributed by atoms with E-state index >= 15 is 0 Å². The summed E-state index contributed by atoms with van der Waals surface area (Å²) < 4.78 is 19.9. The van der Waals surface area contributed by atoms with Crippen molar-refractivity contribution >= 4 is 0 Å². The Kier molecular flexibility index (Phi) is 3.93. The van der Waals surface area contributed by atoms with Crippen LogP contribution in [0, 0.1) is 5.82 Å². The van der Waals surface area contributed by atoms with Gasteiger partial charge in [-0.25, -0.2) is 4.39 Å². The number of hydrogen-bond acceptors (Lipinski definition) is 3. The van der Waals surface area contributed by atoms with Crippen LogP contribution in [0.1, 0.15) is 45.2 Å². The molecule has 3 rings (SSSR count). The van der Waals surface area contributed by atoms with Crippen molar-refractivity contribution in [3.05, 3.63) is 29.6 Å². The number of benzene rings is 1. The van der Waals surface area contributed by atoms with Crippen LogP contribution in [-0.2, 0) is 0 Å². The van der Waals surface area contributed by atoms with Crippen LogP contribution in [0.15, 0.2) is 18.2 Å². The summed E-state index contributed by atoms with van der Waals surface area (Å²) in [5, 5.41) is 3.50. The summed E-state index contributed by atoms with van der Waals surface area (Å²) in [5.74, 6) is 0.658. The molecule has 0 bridgehead atoms. The van der Waals surface area contributed by atoms with Crippen molar-refractivity contribution in [1.82, 2.24) is 10.2 Å². The second kappa shape index (κ2) is 5.58. The van der Waals surface area contributed by atoms with Gasteiger partial charge in [-0.2, -0.15) is 0 Å². The highest BCUT2D eigenvalue weighted by atomic mass is 19.1. The molecule has 1 aromatic rings. The van der Waals surface area contributed by atoms with Crippen LogP contribution in [0.25, 0.3) is 0 Å². The lowest BCUT2D eigenvalue weighted by atomic mass is 9.86. The second-order valence-electron chi connectivity index (χ2n) is 6.60. The highest BCUT2D eigenvalue weighted by Crippen LogP contribution is 2.44. The van der Waals surface area contributed by atoms with E-state index in [1.807, 2.05) is 0 Å². The molecule has 1 spiro atoms. The van der Waals surface area contributed by atoms with Crippen LogP contribution in [-0.4, -0.2) is 36.2 Å². The summed E-state index contributed by atoms with van der Waals surface area (Å²) >= 11 is 0. The van der Waals surface area contributed by atoms with E-state index in [2.05, 4.69) is 31.0 Å². The predicted octanol–water partition coefficient (Wildman–Crippen LogP) is 3.11. The summed E-state index contributed by atoms with van der Waals surface area (Å²) in [4.78, 5) is 2.47. The largest absolute Gasteiger partial charge is 0.485 e. The fourth-order valence-corrected chi connectivity index (χ4v) is 3.64. The first-order valence-corrected chi connectivity index (χ1v) is 7.99. The van der Waals surface area contributed by atoms with Gasteiger partial charge in [0.15, 0.2) is 0 Å². The third-order valence-corrected chi connectivity index (χ3v) is 4.78. The van der Waals surface area contributed by atoms with Crippen molar-refractivity contribution in [1.29, 1.82) is 0 Å². The van der Waals surface area contributed by atoms with Crippen molar-refractivity contribution in [3.63, 3.8) is 0 Å². The van der Waals surface area contributed by atoms with Crippen LogP contribution >= 0.6 is 0 Å². The Hall–Kier alpha value is -1.13. The molecule has 1 N–H and O–H groups in total. The standard InChI is InChI=1S/C17H25FN2O/c1-4-19-15-10-17(7-8-20(11-17)12(2)3)21-16-6-5-13(18)9-14(15)16/h5-6,9,12,15,19H,4,7-8,10-11H2,1-3H3. The lowest BCUT2D eigenvalue weighted by Crippen LogP contribution is -2.47. The van der Waals surface area contributed by atoms with E-state index in [0.717, 1.165) is 43.8 Å². The summed E-state index contributed by atoms with van der Waals surface area (Å²) in [6, 6.07) is 5.62. The minimum atomic E-state index is -0.188. The molecule has 1 fully saturated rings. The molecule has 0 saturated carbocycles. The van der Waals surface area contributed by atoms with Crippen molar-refractivity contribution < 1.29 is 9.13 Å². The molecular weight excluding hydrogens is 267 g/mol. The molecule has 0 amide bonds. The molecule has 0 aliphatic carbocycles. The van der Waals surface area contributed by atoms with Gasteiger partial charge in [-0.15, -0.1) is 0 Å².